The Morgan fingerprint density at radius 1 is 1.24 bits per heavy atom. The lowest BCUT2D eigenvalue weighted by Crippen LogP contribution is -2.42. The van der Waals surface area contributed by atoms with Gasteiger partial charge in [0.25, 0.3) is 10.9 Å². The monoisotopic (exact) mass is 499 g/mol. The molecule has 0 saturated carbocycles. The number of aromatic hydroxyl groups is 1. The zero-order valence-corrected chi connectivity index (χ0v) is 20.5. The Balaban J connectivity index is 0.00000149. The molecule has 3 atom stereocenters. The molecule has 33 heavy (non-hydrogen) atoms. The second-order valence-electron chi connectivity index (χ2n) is 7.86. The van der Waals surface area contributed by atoms with E-state index in [0.717, 1.165) is 32.8 Å². The molecule has 0 bridgehead atoms. The van der Waals surface area contributed by atoms with Crippen molar-refractivity contribution in [2.24, 2.45) is 0 Å². The van der Waals surface area contributed by atoms with Crippen LogP contribution in [0.4, 0.5) is 17.1 Å². The predicted octanol–water partition coefficient (Wildman–Crippen LogP) is 3.40. The minimum Gasteiger partial charge on any atom is -0.505 e. The number of anilines is 3. The van der Waals surface area contributed by atoms with Crippen LogP contribution in [0.5, 0.6) is 5.75 Å². The first-order valence-corrected chi connectivity index (χ1v) is 12.1. The van der Waals surface area contributed by atoms with Gasteiger partial charge in [-0.3, -0.25) is 14.4 Å². The number of aliphatic hydroxyl groups is 1. The number of phenolic OH excluding ortho intramolecular Hbond substituents is 1. The number of rotatable bonds is 8. The first-order chi connectivity index (χ1) is 15.9. The molecule has 182 valence electrons. The molecule has 0 radical (unpaired) electrons. The van der Waals surface area contributed by atoms with Gasteiger partial charge in [-0.15, -0.1) is 4.47 Å². The smallest absolute Gasteiger partial charge is 0.253 e. The fourth-order valence-electron chi connectivity index (χ4n) is 3.89. The Morgan fingerprint density at radius 3 is 2.58 bits per heavy atom. The van der Waals surface area contributed by atoms with Gasteiger partial charge in [-0.2, -0.15) is 0 Å². The molecule has 2 aromatic carbocycles. The number of nitrogens with zero attached hydrogens (tertiary/aromatic N) is 1. The second-order valence-corrected chi connectivity index (χ2v) is 9.27. The molecule has 0 spiro atoms. The van der Waals surface area contributed by atoms with E-state index in [9.17, 15) is 14.7 Å². The number of hydrogen-bond acceptors (Lipinski definition) is 10. The van der Waals surface area contributed by atoms with Gasteiger partial charge in [-0.05, 0) is 56.7 Å². The van der Waals surface area contributed by atoms with E-state index < -0.39 is 10.9 Å². The highest BCUT2D eigenvalue weighted by Crippen LogP contribution is 2.43. The van der Waals surface area contributed by atoms with Crippen molar-refractivity contribution in [2.45, 2.75) is 62.7 Å². The van der Waals surface area contributed by atoms with Crippen molar-refractivity contribution in [3.8, 4) is 5.75 Å². The standard InChI is InChI=1S/C21H26ClN3O5S.CH4O/c1-3-13(15-8-5-11(2)30-15)23-16-17(20(28)19(16)27)24-14-7-6-12(22)21(18(14)26)31-25-9-4-10-29-25;1-2/h6-7,11,13,15,23-24,26H,3-5,8-10H2,1-2H3;2H,1H3/t11?,13-,15?;/m1./s1. The van der Waals surface area contributed by atoms with Crippen LogP contribution in [-0.2, 0) is 9.57 Å². The summed E-state index contributed by atoms with van der Waals surface area (Å²) in [4.78, 5) is 30.4. The number of halogens is 1. The van der Waals surface area contributed by atoms with Gasteiger partial charge in [0.15, 0.2) is 5.75 Å². The molecule has 11 heteroatoms. The van der Waals surface area contributed by atoms with Crippen molar-refractivity contribution < 1.29 is 19.8 Å². The molecular weight excluding hydrogens is 470 g/mol. The Kier molecular flexibility index (Phi) is 9.02. The summed E-state index contributed by atoms with van der Waals surface area (Å²) in [6.07, 6.45) is 3.70. The number of aliphatic hydroxyl groups excluding tert-OH is 1. The van der Waals surface area contributed by atoms with Crippen LogP contribution in [0, 0.1) is 0 Å². The van der Waals surface area contributed by atoms with E-state index in [1.807, 2.05) is 13.8 Å². The lowest BCUT2D eigenvalue weighted by Gasteiger charge is -2.26. The fraction of sp³-hybridized carbons (Fsp3) is 0.545. The third kappa shape index (κ3) is 5.64. The van der Waals surface area contributed by atoms with Gasteiger partial charge in [0, 0.05) is 13.7 Å². The largest absolute Gasteiger partial charge is 0.505 e. The SMILES string of the molecule is CC[C@@H](Nc1c(Nc2ccc(Cl)c(SN3CCCO3)c2O)c(=O)c1=O)C1CCC(C)O1.CO. The molecule has 2 saturated heterocycles. The molecule has 2 fully saturated rings. The first-order valence-electron chi connectivity index (χ1n) is 11.0. The highest BCUT2D eigenvalue weighted by molar-refractivity contribution is 7.97. The molecule has 0 amide bonds. The van der Waals surface area contributed by atoms with E-state index in [0.29, 0.717) is 28.8 Å². The summed E-state index contributed by atoms with van der Waals surface area (Å²) in [6.45, 7) is 5.37. The van der Waals surface area contributed by atoms with E-state index in [1.54, 1.807) is 16.6 Å². The Hall–Kier alpha value is -1.82. The van der Waals surface area contributed by atoms with Gasteiger partial charge >= 0.3 is 0 Å². The second kappa shape index (κ2) is 11.5. The van der Waals surface area contributed by atoms with Crippen molar-refractivity contribution in [3.63, 3.8) is 0 Å². The lowest BCUT2D eigenvalue weighted by atomic mass is 10.0. The Morgan fingerprint density at radius 2 is 1.97 bits per heavy atom. The minimum absolute atomic E-state index is 0.00958. The summed E-state index contributed by atoms with van der Waals surface area (Å²) >= 11 is 7.46. The molecular formula is C22H30ClN3O6S. The molecule has 2 aliphatic rings. The Bertz CT molecular complexity index is 1020. The minimum atomic E-state index is -0.621. The lowest BCUT2D eigenvalue weighted by molar-refractivity contribution is -0.0176. The molecule has 4 rings (SSSR count). The topological polar surface area (TPSA) is 120 Å². The first kappa shape index (κ1) is 25.8. The highest BCUT2D eigenvalue weighted by Gasteiger charge is 2.32. The summed E-state index contributed by atoms with van der Waals surface area (Å²) in [5.74, 6) is -0.105. The maximum atomic E-state index is 12.3. The van der Waals surface area contributed by atoms with E-state index in [2.05, 4.69) is 10.6 Å². The van der Waals surface area contributed by atoms with Crippen molar-refractivity contribution in [1.29, 1.82) is 0 Å². The summed E-state index contributed by atoms with van der Waals surface area (Å²) in [6, 6.07) is 3.13. The van der Waals surface area contributed by atoms with E-state index in [1.165, 1.54) is 11.9 Å². The molecule has 2 heterocycles. The van der Waals surface area contributed by atoms with E-state index in [4.69, 9.17) is 26.3 Å². The average Bonchev–Trinajstić information content (AvgIpc) is 3.50. The van der Waals surface area contributed by atoms with Gasteiger partial charge < -0.3 is 25.6 Å². The maximum Gasteiger partial charge on any atom is 0.253 e. The Labute approximate surface area is 201 Å². The highest BCUT2D eigenvalue weighted by atomic mass is 35.5. The summed E-state index contributed by atoms with van der Waals surface area (Å²) < 4.78 is 7.59. The third-order valence-corrected chi connectivity index (χ3v) is 7.16. The zero-order chi connectivity index (χ0) is 24.1. The van der Waals surface area contributed by atoms with Gasteiger partial charge in [-0.1, -0.05) is 18.5 Å². The van der Waals surface area contributed by atoms with Crippen LogP contribution < -0.4 is 21.5 Å². The normalized spacial score (nSPS) is 21.6. The molecule has 0 aromatic heterocycles. The van der Waals surface area contributed by atoms with Crippen molar-refractivity contribution in [1.82, 2.24) is 4.47 Å². The number of nitrogens with one attached hydrogen (secondary N) is 2. The summed E-state index contributed by atoms with van der Waals surface area (Å²) in [5, 5.41) is 24.2. The van der Waals surface area contributed by atoms with Crippen LogP contribution in [0.15, 0.2) is 26.6 Å². The maximum absolute atomic E-state index is 12.3. The van der Waals surface area contributed by atoms with Gasteiger partial charge in [-0.25, -0.2) is 0 Å². The van der Waals surface area contributed by atoms with Crippen molar-refractivity contribution >= 4 is 40.6 Å². The third-order valence-electron chi connectivity index (χ3n) is 5.65. The predicted molar refractivity (Wildman–Crippen MR) is 130 cm³/mol. The number of hydrogen-bond donors (Lipinski definition) is 4. The fourth-order valence-corrected chi connectivity index (χ4v) is 5.05. The summed E-state index contributed by atoms with van der Waals surface area (Å²) in [7, 11) is 1.00. The van der Waals surface area contributed by atoms with Crippen LogP contribution in [0.3, 0.4) is 0 Å². The van der Waals surface area contributed by atoms with Gasteiger partial charge in [0.1, 0.15) is 11.4 Å². The van der Waals surface area contributed by atoms with Crippen LogP contribution in [0.25, 0.3) is 0 Å². The molecule has 4 N–H and O–H groups in total. The number of benzene rings is 1. The van der Waals surface area contributed by atoms with E-state index in [-0.39, 0.29) is 35.4 Å². The number of hydroxylamine groups is 1. The van der Waals surface area contributed by atoms with Crippen molar-refractivity contribution in [2.75, 3.05) is 30.9 Å². The molecule has 2 unspecified atom stereocenters. The summed E-state index contributed by atoms with van der Waals surface area (Å²) in [5.41, 5.74) is -0.531. The quantitative estimate of drug-likeness (QED) is 0.244. The number of phenols is 1. The van der Waals surface area contributed by atoms with Gasteiger partial charge in [0.05, 0.1) is 40.5 Å². The van der Waals surface area contributed by atoms with Gasteiger partial charge in [0.2, 0.25) is 0 Å². The molecule has 9 nitrogen and oxygen atoms in total. The van der Waals surface area contributed by atoms with Crippen LogP contribution in [-0.4, -0.2) is 53.2 Å². The van der Waals surface area contributed by atoms with E-state index >= 15 is 0 Å². The molecule has 0 aliphatic carbocycles. The van der Waals surface area contributed by atoms with Crippen LogP contribution in [0.2, 0.25) is 5.02 Å². The van der Waals surface area contributed by atoms with Crippen LogP contribution in [0.1, 0.15) is 39.5 Å². The van der Waals surface area contributed by atoms with Crippen molar-refractivity contribution in [3.05, 3.63) is 37.6 Å². The zero-order valence-electron chi connectivity index (χ0n) is 18.9. The van der Waals surface area contributed by atoms with Crippen LogP contribution >= 0.6 is 23.5 Å². The number of ether oxygens (including phenoxy) is 1. The molecule has 2 aliphatic heterocycles. The average molecular weight is 500 g/mol. The molecule has 2 aromatic rings.